The van der Waals surface area contributed by atoms with Gasteiger partial charge in [0.1, 0.15) is 23.9 Å². The van der Waals surface area contributed by atoms with Crippen LogP contribution in [0.4, 0.5) is 0 Å². The predicted molar refractivity (Wildman–Crippen MR) is 108 cm³/mol. The molecule has 1 aromatic carbocycles. The SMILES string of the molecule is CC(NC(=O)C(CS)NC(=O)C(C)NC(=O)C(N)Cc1ccc(O)cc1)C(=O)O. The minimum atomic E-state index is -1.22. The first-order chi connectivity index (χ1) is 13.5. The number of carboxylic acids is 1. The van der Waals surface area contributed by atoms with Gasteiger partial charge in [-0.15, -0.1) is 0 Å². The molecule has 7 N–H and O–H groups in total. The van der Waals surface area contributed by atoms with Crippen LogP contribution in [-0.4, -0.2) is 63.8 Å². The number of thiol groups is 1. The van der Waals surface area contributed by atoms with Gasteiger partial charge in [0.25, 0.3) is 0 Å². The summed E-state index contributed by atoms with van der Waals surface area (Å²) in [6, 6.07) is 2.11. The summed E-state index contributed by atoms with van der Waals surface area (Å²) in [4.78, 5) is 47.3. The minimum Gasteiger partial charge on any atom is -0.508 e. The average molecular weight is 426 g/mol. The van der Waals surface area contributed by atoms with Gasteiger partial charge in [0.2, 0.25) is 17.7 Å². The van der Waals surface area contributed by atoms with E-state index in [0.29, 0.717) is 0 Å². The summed E-state index contributed by atoms with van der Waals surface area (Å²) in [7, 11) is 0. The van der Waals surface area contributed by atoms with Gasteiger partial charge in [-0.05, 0) is 38.0 Å². The third-order valence-electron chi connectivity index (χ3n) is 4.03. The fourth-order valence-electron chi connectivity index (χ4n) is 2.23. The van der Waals surface area contributed by atoms with Crippen LogP contribution in [0, 0.1) is 0 Å². The van der Waals surface area contributed by atoms with E-state index in [1.807, 2.05) is 0 Å². The number of rotatable bonds is 10. The lowest BCUT2D eigenvalue weighted by molar-refractivity contribution is -0.141. The molecule has 0 aliphatic carbocycles. The number of benzene rings is 1. The van der Waals surface area contributed by atoms with Gasteiger partial charge in [0.15, 0.2) is 0 Å². The average Bonchev–Trinajstić information content (AvgIpc) is 2.67. The number of carboxylic acid groups (broad SMARTS) is 1. The molecule has 0 aliphatic rings. The largest absolute Gasteiger partial charge is 0.508 e. The Kier molecular flexibility index (Phi) is 9.42. The molecule has 0 saturated heterocycles. The summed E-state index contributed by atoms with van der Waals surface area (Å²) < 4.78 is 0. The molecule has 3 amide bonds. The van der Waals surface area contributed by atoms with E-state index in [-0.39, 0.29) is 17.9 Å². The van der Waals surface area contributed by atoms with Gasteiger partial charge in [0, 0.05) is 5.75 Å². The highest BCUT2D eigenvalue weighted by Crippen LogP contribution is 2.11. The van der Waals surface area contributed by atoms with Gasteiger partial charge in [0.05, 0.1) is 6.04 Å². The molecule has 0 saturated carbocycles. The number of carbonyl (C=O) groups excluding carboxylic acids is 3. The summed E-state index contributed by atoms with van der Waals surface area (Å²) in [5.41, 5.74) is 6.59. The number of aliphatic carboxylic acids is 1. The van der Waals surface area contributed by atoms with Gasteiger partial charge >= 0.3 is 5.97 Å². The first-order valence-electron chi connectivity index (χ1n) is 8.83. The van der Waals surface area contributed by atoms with Gasteiger partial charge in [-0.1, -0.05) is 12.1 Å². The summed E-state index contributed by atoms with van der Waals surface area (Å²) in [6.07, 6.45) is 0.204. The van der Waals surface area contributed by atoms with Crippen molar-refractivity contribution in [3.63, 3.8) is 0 Å². The number of carbonyl (C=O) groups is 4. The summed E-state index contributed by atoms with van der Waals surface area (Å²) in [6.45, 7) is 2.71. The highest BCUT2D eigenvalue weighted by Gasteiger charge is 2.26. The Morgan fingerprint density at radius 1 is 0.966 bits per heavy atom. The Bertz CT molecular complexity index is 742. The molecule has 0 fully saturated rings. The van der Waals surface area contributed by atoms with Crippen LogP contribution in [0.2, 0.25) is 0 Å². The number of hydrogen-bond donors (Lipinski definition) is 7. The molecular formula is C18H26N4O6S. The smallest absolute Gasteiger partial charge is 0.325 e. The highest BCUT2D eigenvalue weighted by atomic mass is 32.1. The van der Waals surface area contributed by atoms with Crippen molar-refractivity contribution in [3.8, 4) is 5.75 Å². The molecule has 1 aromatic rings. The second-order valence-corrected chi connectivity index (χ2v) is 6.88. The van der Waals surface area contributed by atoms with Crippen molar-refractivity contribution in [1.82, 2.24) is 16.0 Å². The lowest BCUT2D eigenvalue weighted by Gasteiger charge is -2.22. The topological polar surface area (TPSA) is 171 Å². The van der Waals surface area contributed by atoms with Crippen LogP contribution in [0.25, 0.3) is 0 Å². The van der Waals surface area contributed by atoms with E-state index in [0.717, 1.165) is 5.56 Å². The van der Waals surface area contributed by atoms with E-state index in [1.165, 1.54) is 26.0 Å². The summed E-state index contributed by atoms with van der Waals surface area (Å²) in [5, 5.41) is 25.2. The molecule has 160 valence electrons. The monoisotopic (exact) mass is 426 g/mol. The summed E-state index contributed by atoms with van der Waals surface area (Å²) >= 11 is 3.99. The third-order valence-corrected chi connectivity index (χ3v) is 4.39. The molecule has 1 rings (SSSR count). The van der Waals surface area contributed by atoms with E-state index in [9.17, 15) is 24.3 Å². The number of nitrogens with two attached hydrogens (primary N) is 1. The molecule has 4 atom stereocenters. The van der Waals surface area contributed by atoms with Crippen molar-refractivity contribution < 1.29 is 29.4 Å². The molecule has 29 heavy (non-hydrogen) atoms. The second-order valence-electron chi connectivity index (χ2n) is 6.52. The maximum atomic E-state index is 12.3. The molecule has 0 aliphatic heterocycles. The van der Waals surface area contributed by atoms with Crippen LogP contribution in [0.15, 0.2) is 24.3 Å². The number of nitrogens with one attached hydrogen (secondary N) is 3. The first-order valence-corrected chi connectivity index (χ1v) is 9.46. The Labute approximate surface area is 173 Å². The Balaban J connectivity index is 2.58. The number of phenolic OH excluding ortho intramolecular Hbond substituents is 1. The van der Waals surface area contributed by atoms with Crippen LogP contribution in [0.5, 0.6) is 5.75 Å². The second kappa shape index (κ2) is 11.3. The Morgan fingerprint density at radius 2 is 1.52 bits per heavy atom. The van der Waals surface area contributed by atoms with Crippen molar-refractivity contribution >= 4 is 36.3 Å². The van der Waals surface area contributed by atoms with Gasteiger partial charge in [-0.2, -0.15) is 12.6 Å². The molecule has 11 heteroatoms. The van der Waals surface area contributed by atoms with E-state index < -0.39 is 47.9 Å². The first kappa shape index (κ1) is 24.2. The molecular weight excluding hydrogens is 400 g/mol. The standard InChI is InChI=1S/C18H26N4O6S/c1-9(15(24)22-14(8-29)17(26)21-10(2)18(27)28)20-16(25)13(19)7-11-3-5-12(23)6-4-11/h3-6,9-10,13-14,23,29H,7-8,19H2,1-2H3,(H,20,25)(H,21,26)(H,22,24)(H,27,28). The Hall–Kier alpha value is -2.79. The molecule has 0 heterocycles. The maximum Gasteiger partial charge on any atom is 0.325 e. The molecule has 0 bridgehead atoms. The van der Waals surface area contributed by atoms with Crippen LogP contribution in [0.3, 0.4) is 0 Å². The van der Waals surface area contributed by atoms with Crippen molar-refractivity contribution in [2.45, 2.75) is 44.4 Å². The number of hydrogen-bond acceptors (Lipinski definition) is 7. The van der Waals surface area contributed by atoms with Crippen molar-refractivity contribution in [3.05, 3.63) is 29.8 Å². The highest BCUT2D eigenvalue weighted by molar-refractivity contribution is 7.80. The van der Waals surface area contributed by atoms with E-state index >= 15 is 0 Å². The van der Waals surface area contributed by atoms with Crippen molar-refractivity contribution in [2.75, 3.05) is 5.75 Å². The van der Waals surface area contributed by atoms with E-state index in [4.69, 9.17) is 10.8 Å². The zero-order valence-corrected chi connectivity index (χ0v) is 17.0. The van der Waals surface area contributed by atoms with E-state index in [2.05, 4.69) is 28.6 Å². The Morgan fingerprint density at radius 3 is 2.03 bits per heavy atom. The number of phenols is 1. The van der Waals surface area contributed by atoms with Gasteiger partial charge < -0.3 is 31.9 Å². The number of aromatic hydroxyl groups is 1. The maximum absolute atomic E-state index is 12.3. The van der Waals surface area contributed by atoms with Crippen molar-refractivity contribution in [1.29, 1.82) is 0 Å². The third kappa shape index (κ3) is 8.00. The van der Waals surface area contributed by atoms with Crippen LogP contribution >= 0.6 is 12.6 Å². The van der Waals surface area contributed by atoms with Gasteiger partial charge in [-0.25, -0.2) is 0 Å². The lowest BCUT2D eigenvalue weighted by atomic mass is 10.1. The van der Waals surface area contributed by atoms with Crippen LogP contribution < -0.4 is 21.7 Å². The van der Waals surface area contributed by atoms with E-state index in [1.54, 1.807) is 12.1 Å². The molecule has 0 spiro atoms. The van der Waals surface area contributed by atoms with Crippen LogP contribution in [0.1, 0.15) is 19.4 Å². The fourth-order valence-corrected chi connectivity index (χ4v) is 2.49. The molecule has 4 unspecified atom stereocenters. The zero-order chi connectivity index (χ0) is 22.1. The summed E-state index contributed by atoms with van der Waals surface area (Å²) in [5.74, 6) is -3.10. The molecule has 10 nitrogen and oxygen atoms in total. The quantitative estimate of drug-likeness (QED) is 0.230. The molecule has 0 radical (unpaired) electrons. The number of amides is 3. The van der Waals surface area contributed by atoms with Crippen LogP contribution in [-0.2, 0) is 25.6 Å². The zero-order valence-electron chi connectivity index (χ0n) is 16.1. The normalized spacial score (nSPS) is 14.8. The molecule has 0 aromatic heterocycles. The lowest BCUT2D eigenvalue weighted by Crippen LogP contribution is -2.56. The van der Waals surface area contributed by atoms with Gasteiger partial charge in [-0.3, -0.25) is 19.2 Å². The predicted octanol–water partition coefficient (Wildman–Crippen LogP) is -1.23. The van der Waals surface area contributed by atoms with Crippen molar-refractivity contribution in [2.24, 2.45) is 5.73 Å². The fraction of sp³-hybridized carbons (Fsp3) is 0.444. The minimum absolute atomic E-state index is 0.0645.